The highest BCUT2D eigenvalue weighted by molar-refractivity contribution is 7.47. The zero-order valence-electron chi connectivity index (χ0n) is 33.5. The minimum atomic E-state index is -5.09. The molecule has 0 amide bonds. The van der Waals surface area contributed by atoms with Gasteiger partial charge in [-0.2, -0.15) is 0 Å². The molecule has 14 heteroatoms. The van der Waals surface area contributed by atoms with Crippen LogP contribution in [0.2, 0.25) is 0 Å². The van der Waals surface area contributed by atoms with Gasteiger partial charge in [0.05, 0.1) is 6.61 Å². The lowest BCUT2D eigenvalue weighted by Crippen LogP contribution is -2.64. The number of carbonyl (C=O) groups is 2. The molecular formula is C40H77O13P. The summed E-state index contributed by atoms with van der Waals surface area (Å²) in [5, 5.41) is 49.7. The van der Waals surface area contributed by atoms with Crippen LogP contribution in [0.1, 0.15) is 187 Å². The van der Waals surface area contributed by atoms with Crippen LogP contribution in [0.3, 0.4) is 0 Å². The molecule has 0 radical (unpaired) electrons. The molecule has 1 fully saturated rings. The maximum absolute atomic E-state index is 12.6. The third kappa shape index (κ3) is 24.5. The van der Waals surface area contributed by atoms with E-state index in [2.05, 4.69) is 6.92 Å². The molecule has 0 heterocycles. The molecule has 6 N–H and O–H groups in total. The number of phosphoric ester groups is 1. The highest BCUT2D eigenvalue weighted by Crippen LogP contribution is 2.47. The van der Waals surface area contributed by atoms with E-state index in [-0.39, 0.29) is 12.8 Å². The van der Waals surface area contributed by atoms with Gasteiger partial charge in [-0.1, -0.05) is 162 Å². The van der Waals surface area contributed by atoms with E-state index in [9.17, 15) is 44.6 Å². The molecule has 1 rings (SSSR count). The van der Waals surface area contributed by atoms with Crippen molar-refractivity contribution < 1.29 is 63.1 Å². The first kappa shape index (κ1) is 50.9. The van der Waals surface area contributed by atoms with Crippen molar-refractivity contribution in [3.63, 3.8) is 0 Å². The fourth-order valence-corrected chi connectivity index (χ4v) is 7.65. The van der Waals surface area contributed by atoms with E-state index < -0.39 is 75.7 Å². The molecule has 0 aromatic rings. The number of unbranched alkanes of at least 4 members (excludes halogenated alkanes) is 23. The molecule has 0 aromatic carbocycles. The Bertz CT molecular complexity index is 969. The summed E-state index contributed by atoms with van der Waals surface area (Å²) in [5.41, 5.74) is 0. The summed E-state index contributed by atoms with van der Waals surface area (Å²) in [6.07, 6.45) is 17.7. The lowest BCUT2D eigenvalue weighted by Gasteiger charge is -2.41. The fraction of sp³-hybridized carbons (Fsp3) is 0.950. The molecule has 0 aliphatic heterocycles. The molecule has 0 spiro atoms. The minimum absolute atomic E-state index is 0.103. The smallest absolute Gasteiger partial charge is 0.462 e. The van der Waals surface area contributed by atoms with Crippen LogP contribution >= 0.6 is 7.82 Å². The Morgan fingerprint density at radius 1 is 0.500 bits per heavy atom. The number of ether oxygens (including phenoxy) is 2. The van der Waals surface area contributed by atoms with Crippen LogP contribution in [0.25, 0.3) is 0 Å². The number of hydrogen-bond donors (Lipinski definition) is 6. The molecule has 6 unspecified atom stereocenters. The summed E-state index contributed by atoms with van der Waals surface area (Å²) in [6, 6.07) is 0. The molecule has 0 saturated heterocycles. The maximum atomic E-state index is 12.6. The van der Waals surface area contributed by atoms with E-state index in [1.165, 1.54) is 122 Å². The van der Waals surface area contributed by atoms with Crippen LogP contribution in [0, 0.1) is 0 Å². The van der Waals surface area contributed by atoms with Gasteiger partial charge in [-0.25, -0.2) is 4.57 Å². The Hall–Kier alpha value is -1.15. The first-order valence-corrected chi connectivity index (χ1v) is 22.8. The quantitative estimate of drug-likeness (QED) is 0.0211. The van der Waals surface area contributed by atoms with Crippen LogP contribution in [0.15, 0.2) is 0 Å². The highest BCUT2D eigenvalue weighted by Gasteiger charge is 2.51. The zero-order chi connectivity index (χ0) is 40.0. The van der Waals surface area contributed by atoms with E-state index in [0.29, 0.717) is 12.8 Å². The van der Waals surface area contributed by atoms with E-state index in [1.54, 1.807) is 0 Å². The summed E-state index contributed by atoms with van der Waals surface area (Å²) < 4.78 is 32.9. The maximum Gasteiger partial charge on any atom is 0.472 e. The van der Waals surface area contributed by atoms with E-state index in [0.717, 1.165) is 25.7 Å². The SMILES string of the molecule is CCCCCCCCCCCCCCCCCCCCCCCCCC(=O)OC(COC(=O)CCCC)COP(=O)(O)OC1C(O)C(O)C(O)C(O)C1O. The summed E-state index contributed by atoms with van der Waals surface area (Å²) in [7, 11) is -5.09. The van der Waals surface area contributed by atoms with Gasteiger partial charge in [0.2, 0.25) is 0 Å². The van der Waals surface area contributed by atoms with Crippen molar-refractivity contribution in [3.05, 3.63) is 0 Å². The van der Waals surface area contributed by atoms with Gasteiger partial charge in [0.1, 0.15) is 43.2 Å². The number of rotatable bonds is 35. The van der Waals surface area contributed by atoms with Crippen LogP contribution in [-0.2, 0) is 32.7 Å². The van der Waals surface area contributed by atoms with Crippen molar-refractivity contribution in [1.29, 1.82) is 0 Å². The first-order valence-electron chi connectivity index (χ1n) is 21.3. The second kappa shape index (κ2) is 31.9. The predicted molar refractivity (Wildman–Crippen MR) is 208 cm³/mol. The number of esters is 2. The van der Waals surface area contributed by atoms with Gasteiger partial charge >= 0.3 is 19.8 Å². The average molecular weight is 797 g/mol. The molecular weight excluding hydrogens is 719 g/mol. The van der Waals surface area contributed by atoms with Crippen LogP contribution in [-0.4, -0.2) is 98.3 Å². The number of carbonyl (C=O) groups excluding carboxylic acids is 2. The van der Waals surface area contributed by atoms with E-state index >= 15 is 0 Å². The first-order chi connectivity index (χ1) is 25.9. The van der Waals surface area contributed by atoms with Gasteiger partial charge in [-0.05, 0) is 12.8 Å². The molecule has 0 bridgehead atoms. The van der Waals surface area contributed by atoms with Crippen LogP contribution in [0.5, 0.6) is 0 Å². The Kier molecular flexibility index (Phi) is 30.0. The molecule has 0 aromatic heterocycles. The minimum Gasteiger partial charge on any atom is -0.462 e. The Morgan fingerprint density at radius 2 is 0.852 bits per heavy atom. The largest absolute Gasteiger partial charge is 0.472 e. The summed E-state index contributed by atoms with van der Waals surface area (Å²) in [5.74, 6) is -1.13. The van der Waals surface area contributed by atoms with E-state index in [1.807, 2.05) is 6.92 Å². The third-order valence-corrected chi connectivity index (χ3v) is 11.2. The summed E-state index contributed by atoms with van der Waals surface area (Å²) in [4.78, 5) is 34.9. The predicted octanol–water partition coefficient (Wildman–Crippen LogP) is 7.33. The van der Waals surface area contributed by atoms with Crippen molar-refractivity contribution in [2.45, 2.75) is 230 Å². The zero-order valence-corrected chi connectivity index (χ0v) is 34.4. The lowest BCUT2D eigenvalue weighted by atomic mass is 9.85. The molecule has 1 aliphatic rings. The second-order valence-electron chi connectivity index (χ2n) is 15.2. The lowest BCUT2D eigenvalue weighted by molar-refractivity contribution is -0.220. The van der Waals surface area contributed by atoms with Gasteiger partial charge in [-0.15, -0.1) is 0 Å². The monoisotopic (exact) mass is 797 g/mol. The summed E-state index contributed by atoms with van der Waals surface area (Å²) in [6.45, 7) is 3.01. The second-order valence-corrected chi connectivity index (χ2v) is 16.6. The highest BCUT2D eigenvalue weighted by atomic mass is 31.2. The van der Waals surface area contributed by atoms with Crippen LogP contribution in [0.4, 0.5) is 0 Å². The molecule has 320 valence electrons. The van der Waals surface area contributed by atoms with Gasteiger partial charge in [0, 0.05) is 12.8 Å². The third-order valence-electron chi connectivity index (χ3n) is 10.2. The number of aliphatic hydroxyl groups is 5. The standard InChI is InChI=1S/C40H77O13P/c1-3-5-7-8-9-10-11-12-13-14-15-16-17-18-19-20-21-22-23-24-25-26-27-29-34(42)52-32(30-50-33(41)28-6-4-2)31-51-54(48,49)53-40-38(46)36(44)35(43)37(45)39(40)47/h32,35-40,43-47H,3-31H2,1-2H3,(H,48,49). The molecule has 1 saturated carbocycles. The van der Waals surface area contributed by atoms with Gasteiger partial charge in [-0.3, -0.25) is 18.6 Å². The molecule has 13 nitrogen and oxygen atoms in total. The summed E-state index contributed by atoms with van der Waals surface area (Å²) >= 11 is 0. The number of phosphoric acid groups is 1. The van der Waals surface area contributed by atoms with Crippen molar-refractivity contribution in [1.82, 2.24) is 0 Å². The van der Waals surface area contributed by atoms with Gasteiger partial charge in [0.15, 0.2) is 6.10 Å². The Labute approximate surface area is 325 Å². The van der Waals surface area contributed by atoms with E-state index in [4.69, 9.17) is 18.5 Å². The Balaban J connectivity index is 2.21. The molecule has 1 aliphatic carbocycles. The molecule has 6 atom stereocenters. The van der Waals surface area contributed by atoms with Crippen molar-refractivity contribution in [2.75, 3.05) is 13.2 Å². The average Bonchev–Trinajstić information content (AvgIpc) is 3.15. The number of aliphatic hydroxyl groups excluding tert-OH is 5. The van der Waals surface area contributed by atoms with Crippen molar-refractivity contribution in [2.24, 2.45) is 0 Å². The normalized spacial score (nSPS) is 23.2. The van der Waals surface area contributed by atoms with Crippen LogP contribution < -0.4 is 0 Å². The van der Waals surface area contributed by atoms with Crippen molar-refractivity contribution in [3.8, 4) is 0 Å². The Morgan fingerprint density at radius 3 is 1.26 bits per heavy atom. The topological polar surface area (TPSA) is 210 Å². The van der Waals surface area contributed by atoms with Gasteiger partial charge < -0.3 is 39.9 Å². The van der Waals surface area contributed by atoms with Crippen molar-refractivity contribution >= 4 is 19.8 Å². The molecule has 54 heavy (non-hydrogen) atoms. The number of hydrogen-bond acceptors (Lipinski definition) is 12. The van der Waals surface area contributed by atoms with Gasteiger partial charge in [0.25, 0.3) is 0 Å². The fourth-order valence-electron chi connectivity index (χ4n) is 6.68.